The molecule has 15 nitrogen and oxygen atoms in total. The summed E-state index contributed by atoms with van der Waals surface area (Å²) >= 11 is 0. The molecule has 0 spiro atoms. The average molecular weight is 758 g/mol. The first kappa shape index (κ1) is 45.2. The molecule has 0 amide bonds. The van der Waals surface area contributed by atoms with Crippen molar-refractivity contribution in [2.24, 2.45) is 23.7 Å². The highest BCUT2D eigenvalue weighted by molar-refractivity contribution is 5.91. The lowest BCUT2D eigenvalue weighted by atomic mass is 9.79. The summed E-state index contributed by atoms with van der Waals surface area (Å²) in [6.45, 7) is 10.2. The Hall–Kier alpha value is -2.15. The molecule has 17 unspecified atom stereocenters. The Morgan fingerprint density at radius 2 is 1.55 bits per heavy atom. The summed E-state index contributed by atoms with van der Waals surface area (Å²) in [5.74, 6) is -3.48. The number of aldehydes is 1. The van der Waals surface area contributed by atoms with Gasteiger partial charge in [-0.15, -0.1) is 0 Å². The van der Waals surface area contributed by atoms with Gasteiger partial charge in [-0.1, -0.05) is 38.5 Å². The Morgan fingerprint density at radius 3 is 2.15 bits per heavy atom. The number of carbonyl (C=O) groups excluding carboxylic acids is 3. The quantitative estimate of drug-likeness (QED) is 0.155. The molecule has 15 heteroatoms. The molecule has 0 aromatic heterocycles. The van der Waals surface area contributed by atoms with Gasteiger partial charge in [-0.3, -0.25) is 9.59 Å². The topological polar surface area (TPSA) is 211 Å². The summed E-state index contributed by atoms with van der Waals surface area (Å²) in [6.07, 6.45) is -6.88. The largest absolute Gasteiger partial charge is 0.462 e. The Labute approximate surface area is 313 Å². The minimum atomic E-state index is -1.33. The van der Waals surface area contributed by atoms with Crippen molar-refractivity contribution in [2.75, 3.05) is 27.8 Å². The molecule has 0 aromatic carbocycles. The van der Waals surface area contributed by atoms with Gasteiger partial charge in [-0.05, 0) is 59.7 Å². The first-order valence-electron chi connectivity index (χ1n) is 18.7. The number of cyclic esters (lactones) is 1. The van der Waals surface area contributed by atoms with E-state index in [1.54, 1.807) is 59.7 Å². The van der Waals surface area contributed by atoms with Gasteiger partial charge in [-0.2, -0.15) is 0 Å². The molecular weight excluding hydrogens is 694 g/mol. The second kappa shape index (κ2) is 20.7. The second-order valence-corrected chi connectivity index (χ2v) is 15.1. The van der Waals surface area contributed by atoms with Crippen molar-refractivity contribution in [3.05, 3.63) is 23.8 Å². The highest BCUT2D eigenvalue weighted by atomic mass is 16.7. The summed E-state index contributed by atoms with van der Waals surface area (Å²) < 4.78 is 35.6. The molecule has 0 saturated carbocycles. The molecule has 2 saturated heterocycles. The Bertz CT molecular complexity index is 1250. The number of methoxy groups -OCH3 is 1. The van der Waals surface area contributed by atoms with Crippen molar-refractivity contribution in [2.45, 2.75) is 147 Å². The van der Waals surface area contributed by atoms with Gasteiger partial charge in [0.15, 0.2) is 18.4 Å². The summed E-state index contributed by atoms with van der Waals surface area (Å²) in [5.41, 5.74) is 0.673. The number of carbonyl (C=O) groups is 3. The van der Waals surface area contributed by atoms with Gasteiger partial charge >= 0.3 is 5.97 Å². The lowest BCUT2D eigenvalue weighted by molar-refractivity contribution is -0.304. The molecule has 3 aliphatic heterocycles. The summed E-state index contributed by atoms with van der Waals surface area (Å²) in [7, 11) is 4.78. The van der Waals surface area contributed by atoms with Gasteiger partial charge in [0, 0.05) is 31.3 Å². The number of allylic oxidation sites excluding steroid dienone is 3. The third-order valence-corrected chi connectivity index (χ3v) is 10.9. The third-order valence-electron chi connectivity index (χ3n) is 10.9. The Kier molecular flexibility index (Phi) is 17.6. The minimum Gasteiger partial charge on any atom is -0.462 e. The molecule has 3 heterocycles. The molecule has 304 valence electrons. The lowest BCUT2D eigenvalue weighted by Gasteiger charge is -2.46. The number of likely N-dealkylation sites (N-methyl/N-ethyl adjacent to an activating group) is 1. The zero-order chi connectivity index (χ0) is 39.7. The number of esters is 1. The van der Waals surface area contributed by atoms with Crippen LogP contribution in [0.1, 0.15) is 67.2 Å². The Balaban J connectivity index is 1.96. The average Bonchev–Trinajstić information content (AvgIpc) is 3.10. The molecule has 0 radical (unpaired) electrons. The normalized spacial score (nSPS) is 44.2. The molecule has 0 bridgehead atoms. The number of ether oxygens (including phenoxy) is 6. The fourth-order valence-corrected chi connectivity index (χ4v) is 7.51. The highest BCUT2D eigenvalue weighted by Gasteiger charge is 2.48. The van der Waals surface area contributed by atoms with Crippen LogP contribution in [0, 0.1) is 23.7 Å². The van der Waals surface area contributed by atoms with Gasteiger partial charge in [-0.25, -0.2) is 0 Å². The molecule has 5 N–H and O–H groups in total. The molecule has 2 fully saturated rings. The lowest BCUT2D eigenvalue weighted by Crippen LogP contribution is -2.63. The van der Waals surface area contributed by atoms with Crippen molar-refractivity contribution in [1.29, 1.82) is 0 Å². The van der Waals surface area contributed by atoms with Gasteiger partial charge in [0.1, 0.15) is 36.8 Å². The second-order valence-electron chi connectivity index (χ2n) is 15.1. The SMILES string of the molecule is CCC1OC(=O)CC(O)C(C)C(OC2OC(C)C(O)C(N(C)C)C2O)C(CC=O)CC(C)C(=O)/C=C\C(C)=C/C1COC1OC(C)C(O)C(O)C1OC. The van der Waals surface area contributed by atoms with Crippen LogP contribution in [0.5, 0.6) is 0 Å². The standard InChI is InChI=1S/C38H63NO14/c1-10-28-25(18-49-38-36(48-9)34(47)32(45)23(6)51-38)15-19(2)11-12-26(41)20(3)16-24(13-14-40)35(21(4)27(42)17-29(43)52-28)53-37-33(46)30(39(7)8)31(44)22(5)50-37/h11-12,14-15,20-25,27-28,30-38,42,44-47H,10,13,16-18H2,1-9H3/b12-11-,19-15-. The molecular formula is C38H63NO14. The summed E-state index contributed by atoms with van der Waals surface area (Å²) in [6, 6.07) is -0.746. The van der Waals surface area contributed by atoms with Crippen molar-refractivity contribution in [3.8, 4) is 0 Å². The van der Waals surface area contributed by atoms with Crippen LogP contribution in [-0.2, 0) is 42.8 Å². The highest BCUT2D eigenvalue weighted by Crippen LogP contribution is 2.34. The van der Waals surface area contributed by atoms with E-state index in [1.807, 2.05) is 13.0 Å². The van der Waals surface area contributed by atoms with Crippen LogP contribution < -0.4 is 0 Å². The van der Waals surface area contributed by atoms with Crippen molar-refractivity contribution in [3.63, 3.8) is 0 Å². The molecule has 53 heavy (non-hydrogen) atoms. The molecule has 17 atom stereocenters. The van der Waals surface area contributed by atoms with E-state index < -0.39 is 116 Å². The van der Waals surface area contributed by atoms with Crippen molar-refractivity contribution >= 4 is 18.0 Å². The number of aliphatic hydroxyl groups is 5. The number of hydrogen-bond donors (Lipinski definition) is 5. The minimum absolute atomic E-state index is 0.0342. The van der Waals surface area contributed by atoms with Crippen LogP contribution in [-0.4, -0.2) is 156 Å². The van der Waals surface area contributed by atoms with Gasteiger partial charge in [0.05, 0.1) is 49.6 Å². The van der Waals surface area contributed by atoms with E-state index in [4.69, 9.17) is 28.4 Å². The van der Waals surface area contributed by atoms with E-state index in [2.05, 4.69) is 0 Å². The predicted molar refractivity (Wildman–Crippen MR) is 191 cm³/mol. The van der Waals surface area contributed by atoms with Gasteiger partial charge < -0.3 is 63.6 Å². The predicted octanol–water partition coefficient (Wildman–Crippen LogP) is 0.908. The van der Waals surface area contributed by atoms with Crippen LogP contribution in [0.2, 0.25) is 0 Å². The van der Waals surface area contributed by atoms with Crippen molar-refractivity contribution < 1.29 is 68.3 Å². The zero-order valence-corrected chi connectivity index (χ0v) is 32.5. The zero-order valence-electron chi connectivity index (χ0n) is 32.5. The maximum Gasteiger partial charge on any atom is 0.308 e. The van der Waals surface area contributed by atoms with E-state index in [0.29, 0.717) is 18.3 Å². The van der Waals surface area contributed by atoms with Gasteiger partial charge in [0.25, 0.3) is 0 Å². The fourth-order valence-electron chi connectivity index (χ4n) is 7.51. The van der Waals surface area contributed by atoms with Crippen molar-refractivity contribution in [1.82, 2.24) is 4.90 Å². The number of aliphatic hydroxyl groups excluding tert-OH is 5. The Morgan fingerprint density at radius 1 is 0.906 bits per heavy atom. The smallest absolute Gasteiger partial charge is 0.308 e. The number of hydrogen-bond acceptors (Lipinski definition) is 15. The van der Waals surface area contributed by atoms with E-state index in [0.717, 1.165) is 0 Å². The molecule has 3 rings (SSSR count). The van der Waals surface area contributed by atoms with Crippen LogP contribution in [0.4, 0.5) is 0 Å². The summed E-state index contributed by atoms with van der Waals surface area (Å²) in [4.78, 5) is 40.6. The van der Waals surface area contributed by atoms with Crippen LogP contribution in [0.3, 0.4) is 0 Å². The molecule has 0 aliphatic carbocycles. The number of nitrogens with zero attached hydrogens (tertiary/aromatic N) is 1. The first-order chi connectivity index (χ1) is 24.9. The van der Waals surface area contributed by atoms with E-state index in [-0.39, 0.29) is 25.2 Å². The monoisotopic (exact) mass is 757 g/mol. The first-order valence-corrected chi connectivity index (χ1v) is 18.7. The molecule has 3 aliphatic rings. The van der Waals surface area contributed by atoms with Gasteiger partial charge in [0.2, 0.25) is 0 Å². The maximum atomic E-state index is 13.5. The summed E-state index contributed by atoms with van der Waals surface area (Å²) in [5, 5.41) is 54.4. The van der Waals surface area contributed by atoms with Crippen LogP contribution in [0.15, 0.2) is 23.8 Å². The maximum absolute atomic E-state index is 13.5. The molecule has 0 aromatic rings. The van der Waals surface area contributed by atoms with E-state index >= 15 is 0 Å². The third kappa shape index (κ3) is 11.7. The van der Waals surface area contributed by atoms with Crippen LogP contribution in [0.25, 0.3) is 0 Å². The number of rotatable bonds is 10. The number of ketones is 1. The van der Waals surface area contributed by atoms with E-state index in [1.165, 1.54) is 13.2 Å². The van der Waals surface area contributed by atoms with E-state index in [9.17, 15) is 39.9 Å². The van der Waals surface area contributed by atoms with Crippen LogP contribution >= 0.6 is 0 Å². The fraction of sp³-hybridized carbons (Fsp3) is 0.816.